The van der Waals surface area contributed by atoms with Crippen molar-refractivity contribution in [2.45, 2.75) is 30.8 Å². The average Bonchev–Trinajstić information content (AvgIpc) is 3.19. The van der Waals surface area contributed by atoms with Crippen LogP contribution in [0.2, 0.25) is 0 Å². The first kappa shape index (κ1) is 17.3. The van der Waals surface area contributed by atoms with Crippen LogP contribution in [0.4, 0.5) is 4.79 Å². The van der Waals surface area contributed by atoms with Crippen molar-refractivity contribution in [3.8, 4) is 0 Å². The number of amides is 2. The van der Waals surface area contributed by atoms with Crippen LogP contribution < -0.4 is 0 Å². The molecule has 0 radical (unpaired) electrons. The van der Waals surface area contributed by atoms with Gasteiger partial charge in [0, 0.05) is 20.0 Å². The fourth-order valence-electron chi connectivity index (χ4n) is 4.50. The van der Waals surface area contributed by atoms with Gasteiger partial charge in [0.15, 0.2) is 5.60 Å². The number of likely N-dealkylation sites (N-methyl/N-ethyl adjacent to an activating group) is 1. The number of hydrogen-bond acceptors (Lipinski definition) is 4. The molecule has 6 heteroatoms. The van der Waals surface area contributed by atoms with Gasteiger partial charge in [0.2, 0.25) is 5.91 Å². The lowest BCUT2D eigenvalue weighted by molar-refractivity contribution is -0.132. The Hall–Kier alpha value is -2.08. The van der Waals surface area contributed by atoms with E-state index in [0.29, 0.717) is 32.1 Å². The van der Waals surface area contributed by atoms with Gasteiger partial charge in [-0.1, -0.05) is 30.3 Å². The van der Waals surface area contributed by atoms with Gasteiger partial charge in [-0.2, -0.15) is 0 Å². The summed E-state index contributed by atoms with van der Waals surface area (Å²) in [6.07, 6.45) is 2.67. The molecule has 4 rings (SSSR count). The topological polar surface area (TPSA) is 53.1 Å². The second kappa shape index (κ2) is 6.91. The second-order valence-electron chi connectivity index (χ2n) is 7.93. The minimum absolute atomic E-state index is 0.158. The first-order valence-electron chi connectivity index (χ1n) is 9.54. The largest absolute Gasteiger partial charge is 0.439 e. The van der Waals surface area contributed by atoms with Crippen LogP contribution in [0.1, 0.15) is 30.7 Å². The summed E-state index contributed by atoms with van der Waals surface area (Å²) in [5, 5.41) is 0. The molecule has 3 aliphatic heterocycles. The molecule has 3 aliphatic rings. The van der Waals surface area contributed by atoms with Gasteiger partial charge >= 0.3 is 6.09 Å². The molecular formula is C20H27N3O3. The van der Waals surface area contributed by atoms with Gasteiger partial charge < -0.3 is 14.5 Å². The summed E-state index contributed by atoms with van der Waals surface area (Å²) in [7, 11) is 1.75. The Kier molecular flexibility index (Phi) is 4.61. The average molecular weight is 357 g/mol. The van der Waals surface area contributed by atoms with Gasteiger partial charge in [0.05, 0.1) is 19.6 Å². The van der Waals surface area contributed by atoms with E-state index in [1.807, 2.05) is 4.90 Å². The lowest BCUT2D eigenvalue weighted by Gasteiger charge is -2.32. The zero-order valence-electron chi connectivity index (χ0n) is 15.4. The standard InChI is InChI=1S/C20H27N3O3/c1-21-14-20(26-19(21)25)9-12-23(15-20)18(24)13-22-10-7-17(8-11-22)16-5-3-2-4-6-16/h2-6,17H,7-15H2,1H3/t20-/m1/s1. The number of likely N-dealkylation sites (tertiary alicyclic amines) is 2. The third kappa shape index (κ3) is 3.43. The van der Waals surface area contributed by atoms with Gasteiger partial charge in [0.25, 0.3) is 0 Å². The minimum Gasteiger partial charge on any atom is -0.439 e. The Morgan fingerprint density at radius 2 is 1.88 bits per heavy atom. The number of piperidine rings is 1. The van der Waals surface area contributed by atoms with Crippen molar-refractivity contribution >= 4 is 12.0 Å². The van der Waals surface area contributed by atoms with E-state index in [1.165, 1.54) is 5.56 Å². The van der Waals surface area contributed by atoms with Crippen molar-refractivity contribution in [2.75, 3.05) is 46.3 Å². The number of hydrogen-bond donors (Lipinski definition) is 0. The maximum Gasteiger partial charge on any atom is 0.410 e. The number of benzene rings is 1. The molecule has 1 aromatic rings. The molecule has 0 bridgehead atoms. The van der Waals surface area contributed by atoms with Gasteiger partial charge in [0.1, 0.15) is 0 Å². The molecule has 1 aromatic carbocycles. The number of ether oxygens (including phenoxy) is 1. The summed E-state index contributed by atoms with van der Waals surface area (Å²) in [4.78, 5) is 30.1. The molecule has 3 heterocycles. The molecule has 1 spiro atoms. The van der Waals surface area contributed by atoms with E-state index in [4.69, 9.17) is 4.74 Å². The molecule has 0 unspecified atom stereocenters. The highest BCUT2D eigenvalue weighted by molar-refractivity contribution is 5.79. The summed E-state index contributed by atoms with van der Waals surface area (Å²) in [5.74, 6) is 0.761. The molecule has 2 amide bonds. The highest BCUT2D eigenvalue weighted by Gasteiger charge is 2.49. The van der Waals surface area contributed by atoms with E-state index in [-0.39, 0.29) is 12.0 Å². The molecule has 0 N–H and O–H groups in total. The quantitative estimate of drug-likeness (QED) is 0.829. The molecule has 3 fully saturated rings. The predicted molar refractivity (Wildman–Crippen MR) is 97.9 cm³/mol. The summed E-state index contributed by atoms with van der Waals surface area (Å²) in [6, 6.07) is 10.7. The van der Waals surface area contributed by atoms with Gasteiger partial charge in [-0.15, -0.1) is 0 Å². The third-order valence-electron chi connectivity index (χ3n) is 6.03. The van der Waals surface area contributed by atoms with Gasteiger partial charge in [-0.3, -0.25) is 9.69 Å². The highest BCUT2D eigenvalue weighted by atomic mass is 16.6. The first-order valence-corrected chi connectivity index (χ1v) is 9.54. The number of nitrogens with zero attached hydrogens (tertiary/aromatic N) is 3. The van der Waals surface area contributed by atoms with Crippen LogP contribution in [0, 0.1) is 0 Å². The zero-order chi connectivity index (χ0) is 18.1. The van der Waals surface area contributed by atoms with E-state index in [2.05, 4.69) is 35.2 Å². The zero-order valence-corrected chi connectivity index (χ0v) is 15.4. The number of carbonyl (C=O) groups is 2. The van der Waals surface area contributed by atoms with E-state index < -0.39 is 5.60 Å². The van der Waals surface area contributed by atoms with Crippen molar-refractivity contribution < 1.29 is 14.3 Å². The highest BCUT2D eigenvalue weighted by Crippen LogP contribution is 2.32. The van der Waals surface area contributed by atoms with Gasteiger partial charge in [-0.25, -0.2) is 4.79 Å². The van der Waals surface area contributed by atoms with Crippen LogP contribution in [0.5, 0.6) is 0 Å². The molecule has 1 atom stereocenters. The van der Waals surface area contributed by atoms with E-state index in [1.54, 1.807) is 11.9 Å². The Labute approximate surface area is 154 Å². The summed E-state index contributed by atoms with van der Waals surface area (Å²) in [5.41, 5.74) is 0.925. The summed E-state index contributed by atoms with van der Waals surface area (Å²) >= 11 is 0. The SMILES string of the molecule is CN1C[C@@]2(CCN(C(=O)CN3CCC(c4ccccc4)CC3)C2)OC1=O. The minimum atomic E-state index is -0.484. The molecule has 26 heavy (non-hydrogen) atoms. The Balaban J connectivity index is 1.27. The van der Waals surface area contributed by atoms with Crippen molar-refractivity contribution in [3.05, 3.63) is 35.9 Å². The fourth-order valence-corrected chi connectivity index (χ4v) is 4.50. The van der Waals surface area contributed by atoms with Crippen molar-refractivity contribution in [3.63, 3.8) is 0 Å². The van der Waals surface area contributed by atoms with Gasteiger partial charge in [-0.05, 0) is 37.4 Å². The summed E-state index contributed by atoms with van der Waals surface area (Å²) < 4.78 is 5.53. The van der Waals surface area contributed by atoms with Crippen LogP contribution in [0.15, 0.2) is 30.3 Å². The van der Waals surface area contributed by atoms with Crippen LogP contribution >= 0.6 is 0 Å². The monoisotopic (exact) mass is 357 g/mol. The Morgan fingerprint density at radius 3 is 2.54 bits per heavy atom. The normalized spacial score (nSPS) is 27.3. The number of rotatable bonds is 3. The van der Waals surface area contributed by atoms with Crippen LogP contribution in [0.3, 0.4) is 0 Å². The molecule has 0 aliphatic carbocycles. The van der Waals surface area contributed by atoms with Crippen molar-refractivity contribution in [2.24, 2.45) is 0 Å². The molecule has 0 aromatic heterocycles. The number of carbonyl (C=O) groups excluding carboxylic acids is 2. The van der Waals surface area contributed by atoms with Crippen molar-refractivity contribution in [1.82, 2.24) is 14.7 Å². The van der Waals surface area contributed by atoms with E-state index in [9.17, 15) is 9.59 Å². The van der Waals surface area contributed by atoms with E-state index in [0.717, 1.165) is 32.4 Å². The lowest BCUT2D eigenvalue weighted by Crippen LogP contribution is -2.44. The molecule has 3 saturated heterocycles. The van der Waals surface area contributed by atoms with Crippen LogP contribution in [-0.2, 0) is 9.53 Å². The van der Waals surface area contributed by atoms with Crippen LogP contribution in [-0.4, -0.2) is 78.6 Å². The predicted octanol–water partition coefficient (Wildman–Crippen LogP) is 1.92. The second-order valence-corrected chi connectivity index (χ2v) is 7.93. The van der Waals surface area contributed by atoms with E-state index >= 15 is 0 Å². The molecule has 140 valence electrons. The smallest absolute Gasteiger partial charge is 0.410 e. The van der Waals surface area contributed by atoms with Crippen LogP contribution in [0.25, 0.3) is 0 Å². The molecule has 0 saturated carbocycles. The maximum absolute atomic E-state index is 12.7. The van der Waals surface area contributed by atoms with Crippen molar-refractivity contribution in [1.29, 1.82) is 0 Å². The first-order chi connectivity index (χ1) is 12.5. The summed E-state index contributed by atoms with van der Waals surface area (Å²) in [6.45, 7) is 4.19. The molecule has 6 nitrogen and oxygen atoms in total. The fraction of sp³-hybridized carbons (Fsp3) is 0.600. The maximum atomic E-state index is 12.7. The molecular weight excluding hydrogens is 330 g/mol. The Morgan fingerprint density at radius 1 is 1.15 bits per heavy atom. The lowest BCUT2D eigenvalue weighted by atomic mass is 9.89. The third-order valence-corrected chi connectivity index (χ3v) is 6.03. The Bertz CT molecular complexity index is 672.